The van der Waals surface area contributed by atoms with Crippen LogP contribution in [0.2, 0.25) is 0 Å². The number of para-hydroxylation sites is 1. The second-order valence-electron chi connectivity index (χ2n) is 7.76. The van der Waals surface area contributed by atoms with Crippen LogP contribution in [-0.4, -0.2) is 40.5 Å². The third kappa shape index (κ3) is 4.44. The number of benzene rings is 2. The van der Waals surface area contributed by atoms with E-state index in [1.54, 1.807) is 36.4 Å². The number of hydrogen-bond donors (Lipinski definition) is 3. The lowest BCUT2D eigenvalue weighted by atomic mass is 10.1. The third-order valence-corrected chi connectivity index (χ3v) is 5.33. The van der Waals surface area contributed by atoms with E-state index < -0.39 is 0 Å². The molecule has 4 rings (SSSR count). The van der Waals surface area contributed by atoms with Crippen LogP contribution in [0.15, 0.2) is 48.5 Å². The molecule has 0 bridgehead atoms. The fraction of sp³-hybridized carbons (Fsp3) is 0.292. The smallest absolute Gasteiger partial charge is 0.342 e. The van der Waals surface area contributed by atoms with Gasteiger partial charge in [0.2, 0.25) is 0 Å². The number of aromatic nitrogens is 2. The molecule has 1 aromatic heterocycles. The Morgan fingerprint density at radius 2 is 1.97 bits per heavy atom. The molecule has 1 aliphatic carbocycles. The second-order valence-corrected chi connectivity index (χ2v) is 7.76. The van der Waals surface area contributed by atoms with E-state index in [1.807, 2.05) is 13.0 Å². The molecule has 1 heterocycles. The maximum Gasteiger partial charge on any atom is 0.342 e. The van der Waals surface area contributed by atoms with Crippen LogP contribution in [0, 0.1) is 0 Å². The molecule has 166 valence electrons. The fourth-order valence-corrected chi connectivity index (χ4v) is 3.52. The molecule has 0 atom stereocenters. The number of methoxy groups -OCH3 is 1. The Balaban J connectivity index is 1.57. The van der Waals surface area contributed by atoms with Crippen LogP contribution in [0.4, 0.5) is 10.5 Å². The first-order valence-electron chi connectivity index (χ1n) is 10.7. The van der Waals surface area contributed by atoms with Crippen LogP contribution < -0.4 is 15.4 Å². The summed E-state index contributed by atoms with van der Waals surface area (Å²) in [5, 5.41) is 20.7. The van der Waals surface area contributed by atoms with Crippen LogP contribution in [-0.2, 0) is 0 Å². The number of nitrogens with zero attached hydrogens (tertiary/aromatic N) is 2. The molecule has 0 spiro atoms. The maximum absolute atomic E-state index is 12.6. The van der Waals surface area contributed by atoms with Gasteiger partial charge in [-0.2, -0.15) is 9.78 Å². The standard InChI is InChI=1S/C24H26N4O4/c1-3-12-25-24(31)28-20(15-8-9-15)14-19(27-28)17-11-10-16(13-21(17)29)26-23(30)18-6-4-5-7-22(18)32-2/h4-7,10-11,13-15,29H,3,8-9,12H2,1-2H3,(H,25,31)(H,26,30). The van der Waals surface area contributed by atoms with E-state index in [9.17, 15) is 14.7 Å². The Hall–Kier alpha value is -3.81. The van der Waals surface area contributed by atoms with Crippen molar-refractivity contribution in [3.63, 3.8) is 0 Å². The van der Waals surface area contributed by atoms with Gasteiger partial charge in [0.1, 0.15) is 11.5 Å². The van der Waals surface area contributed by atoms with E-state index in [-0.39, 0.29) is 17.7 Å². The highest BCUT2D eigenvalue weighted by Crippen LogP contribution is 2.42. The number of anilines is 1. The van der Waals surface area contributed by atoms with Crippen molar-refractivity contribution < 1.29 is 19.4 Å². The van der Waals surface area contributed by atoms with E-state index in [2.05, 4.69) is 15.7 Å². The molecule has 0 saturated heterocycles. The van der Waals surface area contributed by atoms with Crippen molar-refractivity contribution in [2.75, 3.05) is 19.0 Å². The number of carbonyl (C=O) groups is 2. The lowest BCUT2D eigenvalue weighted by Gasteiger charge is -2.10. The Morgan fingerprint density at radius 3 is 2.66 bits per heavy atom. The van der Waals surface area contributed by atoms with Gasteiger partial charge >= 0.3 is 6.03 Å². The van der Waals surface area contributed by atoms with Crippen LogP contribution in [0.5, 0.6) is 11.5 Å². The first-order chi connectivity index (χ1) is 15.5. The van der Waals surface area contributed by atoms with Gasteiger partial charge < -0.3 is 20.5 Å². The average Bonchev–Trinajstić information content (AvgIpc) is 3.56. The number of phenols is 1. The minimum absolute atomic E-state index is 0.0382. The summed E-state index contributed by atoms with van der Waals surface area (Å²) in [6, 6.07) is 13.3. The highest BCUT2D eigenvalue weighted by molar-refractivity contribution is 6.06. The van der Waals surface area contributed by atoms with Crippen molar-refractivity contribution in [2.24, 2.45) is 0 Å². The van der Waals surface area contributed by atoms with Gasteiger partial charge in [-0.25, -0.2) is 4.79 Å². The van der Waals surface area contributed by atoms with E-state index in [0.29, 0.717) is 40.7 Å². The SMILES string of the molecule is CCCNC(=O)n1nc(-c2ccc(NC(=O)c3ccccc3OC)cc2O)cc1C1CC1. The van der Waals surface area contributed by atoms with Crippen LogP contribution in [0.3, 0.4) is 0 Å². The van der Waals surface area contributed by atoms with E-state index in [0.717, 1.165) is 25.0 Å². The minimum atomic E-state index is -0.345. The van der Waals surface area contributed by atoms with Crippen molar-refractivity contribution in [3.8, 4) is 22.8 Å². The zero-order chi connectivity index (χ0) is 22.7. The zero-order valence-electron chi connectivity index (χ0n) is 18.1. The Bertz CT molecular complexity index is 1150. The van der Waals surface area contributed by atoms with Crippen molar-refractivity contribution in [2.45, 2.75) is 32.1 Å². The summed E-state index contributed by atoms with van der Waals surface area (Å²) >= 11 is 0. The summed E-state index contributed by atoms with van der Waals surface area (Å²) in [5.41, 5.74) is 2.68. The van der Waals surface area contributed by atoms with Gasteiger partial charge in [-0.1, -0.05) is 19.1 Å². The summed E-state index contributed by atoms with van der Waals surface area (Å²) in [7, 11) is 1.50. The fourth-order valence-electron chi connectivity index (χ4n) is 3.52. The molecule has 1 saturated carbocycles. The zero-order valence-corrected chi connectivity index (χ0v) is 18.1. The second kappa shape index (κ2) is 9.13. The van der Waals surface area contributed by atoms with Crippen molar-refractivity contribution in [3.05, 3.63) is 59.8 Å². The molecule has 0 radical (unpaired) electrons. The van der Waals surface area contributed by atoms with Crippen LogP contribution in [0.1, 0.15) is 48.2 Å². The number of carbonyl (C=O) groups excluding carboxylic acids is 2. The molecule has 8 heteroatoms. The highest BCUT2D eigenvalue weighted by Gasteiger charge is 2.30. The Morgan fingerprint density at radius 1 is 1.19 bits per heavy atom. The third-order valence-electron chi connectivity index (χ3n) is 5.33. The van der Waals surface area contributed by atoms with Crippen molar-refractivity contribution >= 4 is 17.6 Å². The van der Waals surface area contributed by atoms with Crippen LogP contribution in [0.25, 0.3) is 11.3 Å². The molecule has 2 amide bonds. The lowest BCUT2D eigenvalue weighted by molar-refractivity contribution is 0.102. The van der Waals surface area contributed by atoms with E-state index in [1.165, 1.54) is 17.9 Å². The number of nitrogens with one attached hydrogen (secondary N) is 2. The van der Waals surface area contributed by atoms with Gasteiger partial charge in [0.05, 0.1) is 24.1 Å². The summed E-state index contributed by atoms with van der Waals surface area (Å²) in [6.07, 6.45) is 2.87. The molecule has 0 unspecified atom stereocenters. The summed E-state index contributed by atoms with van der Waals surface area (Å²) < 4.78 is 6.64. The number of rotatable bonds is 7. The molecule has 3 N–H and O–H groups in total. The first-order valence-corrected chi connectivity index (χ1v) is 10.7. The molecule has 8 nitrogen and oxygen atoms in total. The van der Waals surface area contributed by atoms with Crippen molar-refractivity contribution in [1.29, 1.82) is 0 Å². The summed E-state index contributed by atoms with van der Waals surface area (Å²) in [5.74, 6) is 0.391. The number of hydrogen-bond acceptors (Lipinski definition) is 5. The van der Waals surface area contributed by atoms with Gasteiger partial charge in [-0.05, 0) is 49.6 Å². The quantitative estimate of drug-likeness (QED) is 0.512. The van der Waals surface area contributed by atoms with Crippen LogP contribution >= 0.6 is 0 Å². The average molecular weight is 434 g/mol. The first kappa shape index (κ1) is 21.4. The molecular formula is C24H26N4O4. The minimum Gasteiger partial charge on any atom is -0.507 e. The largest absolute Gasteiger partial charge is 0.507 e. The Kier molecular flexibility index (Phi) is 6.11. The number of ether oxygens (including phenoxy) is 1. The van der Waals surface area contributed by atoms with Gasteiger partial charge in [0.15, 0.2) is 0 Å². The van der Waals surface area contributed by atoms with Gasteiger partial charge in [-0.15, -0.1) is 0 Å². The Labute approximate surface area is 186 Å². The topological polar surface area (TPSA) is 105 Å². The normalized spacial score (nSPS) is 12.9. The molecule has 1 fully saturated rings. The maximum atomic E-state index is 12.6. The molecule has 2 aromatic carbocycles. The monoisotopic (exact) mass is 434 g/mol. The highest BCUT2D eigenvalue weighted by atomic mass is 16.5. The summed E-state index contributed by atoms with van der Waals surface area (Å²) in [4.78, 5) is 25.1. The molecule has 3 aromatic rings. The van der Waals surface area contributed by atoms with E-state index in [4.69, 9.17) is 4.74 Å². The van der Waals surface area contributed by atoms with Crippen molar-refractivity contribution in [1.82, 2.24) is 15.1 Å². The molecule has 1 aliphatic rings. The van der Waals surface area contributed by atoms with Gasteiger partial charge in [0.25, 0.3) is 5.91 Å². The lowest BCUT2D eigenvalue weighted by Crippen LogP contribution is -2.31. The van der Waals surface area contributed by atoms with Gasteiger partial charge in [-0.3, -0.25) is 4.79 Å². The summed E-state index contributed by atoms with van der Waals surface area (Å²) in [6.45, 7) is 2.56. The number of amides is 2. The molecule has 0 aliphatic heterocycles. The van der Waals surface area contributed by atoms with E-state index >= 15 is 0 Å². The van der Waals surface area contributed by atoms with Gasteiger partial charge in [0, 0.05) is 29.8 Å². The molecular weight excluding hydrogens is 408 g/mol. The number of phenolic OH excluding ortho intramolecular Hbond substituents is 1. The predicted molar refractivity (Wildman–Crippen MR) is 121 cm³/mol. The molecule has 32 heavy (non-hydrogen) atoms. The number of aromatic hydroxyl groups is 1. The predicted octanol–water partition coefficient (Wildman–Crippen LogP) is 4.36.